The summed E-state index contributed by atoms with van der Waals surface area (Å²) in [4.78, 5) is 16.8. The summed E-state index contributed by atoms with van der Waals surface area (Å²) < 4.78 is 13.0. The second-order valence-corrected chi connectivity index (χ2v) is 6.17. The molecular formula is C19H24Cl2FN3O. The number of hydrogen-bond acceptors (Lipinski definition) is 3. The molecule has 4 nitrogen and oxygen atoms in total. The van der Waals surface area contributed by atoms with Gasteiger partial charge in [-0.15, -0.1) is 24.8 Å². The lowest BCUT2D eigenvalue weighted by Gasteiger charge is -2.22. The number of rotatable bonds is 3. The molecule has 0 radical (unpaired) electrons. The second kappa shape index (κ2) is 10.4. The molecule has 0 atom stereocenters. The highest BCUT2D eigenvalue weighted by molar-refractivity contribution is 5.95. The van der Waals surface area contributed by atoms with Gasteiger partial charge in [0.05, 0.1) is 0 Å². The molecule has 0 aliphatic carbocycles. The van der Waals surface area contributed by atoms with Crippen LogP contribution in [0.25, 0.3) is 0 Å². The van der Waals surface area contributed by atoms with Crippen LogP contribution in [0.4, 0.5) is 10.1 Å². The Morgan fingerprint density at radius 1 is 1.00 bits per heavy atom. The van der Waals surface area contributed by atoms with Crippen LogP contribution in [0.5, 0.6) is 0 Å². The fraction of sp³-hybridized carbons (Fsp3) is 0.316. The molecule has 26 heavy (non-hydrogen) atoms. The average Bonchev–Trinajstić information content (AvgIpc) is 2.82. The minimum absolute atomic E-state index is 0. The van der Waals surface area contributed by atoms with Crippen LogP contribution >= 0.6 is 24.8 Å². The Morgan fingerprint density at radius 3 is 2.42 bits per heavy atom. The summed E-state index contributed by atoms with van der Waals surface area (Å²) in [5.41, 5.74) is 8.11. The van der Waals surface area contributed by atoms with Gasteiger partial charge in [-0.05, 0) is 42.3 Å². The van der Waals surface area contributed by atoms with E-state index in [0.29, 0.717) is 17.8 Å². The van der Waals surface area contributed by atoms with E-state index in [1.165, 1.54) is 12.1 Å². The number of nitrogens with zero attached hydrogens (tertiary/aromatic N) is 2. The first-order chi connectivity index (χ1) is 11.6. The molecule has 2 aromatic rings. The molecule has 1 aliphatic rings. The Balaban J connectivity index is 0.00000169. The molecule has 142 valence electrons. The maximum Gasteiger partial charge on any atom is 0.253 e. The van der Waals surface area contributed by atoms with Crippen molar-refractivity contribution in [3.8, 4) is 0 Å². The Labute approximate surface area is 166 Å². The molecule has 2 N–H and O–H groups in total. The fourth-order valence-corrected chi connectivity index (χ4v) is 3.03. The minimum Gasteiger partial charge on any atom is -0.399 e. The SMILES string of the molecule is Cl.Cl.Nc1cccc(C(=O)N2CCCN(Cc3ccc(F)cc3)CC2)c1. The molecule has 0 aromatic heterocycles. The molecule has 3 rings (SSSR count). The molecule has 0 bridgehead atoms. The van der Waals surface area contributed by atoms with Crippen molar-refractivity contribution in [1.29, 1.82) is 0 Å². The van der Waals surface area contributed by atoms with Gasteiger partial charge in [0.2, 0.25) is 0 Å². The number of carbonyl (C=O) groups is 1. The van der Waals surface area contributed by atoms with Gasteiger partial charge in [-0.25, -0.2) is 4.39 Å². The predicted octanol–water partition coefficient (Wildman–Crippen LogP) is 3.60. The number of halogens is 3. The molecule has 1 aliphatic heterocycles. The van der Waals surface area contributed by atoms with Crippen molar-refractivity contribution < 1.29 is 9.18 Å². The third-order valence-corrected chi connectivity index (χ3v) is 4.33. The van der Waals surface area contributed by atoms with Gasteiger partial charge in [0.15, 0.2) is 0 Å². The van der Waals surface area contributed by atoms with Gasteiger partial charge < -0.3 is 10.6 Å². The Bertz CT molecular complexity index is 712. The van der Waals surface area contributed by atoms with E-state index in [1.807, 2.05) is 17.0 Å². The van der Waals surface area contributed by atoms with Crippen LogP contribution in [0.3, 0.4) is 0 Å². The highest BCUT2D eigenvalue weighted by Crippen LogP contribution is 2.14. The highest BCUT2D eigenvalue weighted by Gasteiger charge is 2.20. The van der Waals surface area contributed by atoms with Gasteiger partial charge in [-0.3, -0.25) is 9.69 Å². The van der Waals surface area contributed by atoms with Crippen molar-refractivity contribution in [2.45, 2.75) is 13.0 Å². The number of amides is 1. The van der Waals surface area contributed by atoms with Gasteiger partial charge in [-0.2, -0.15) is 0 Å². The number of nitrogens with two attached hydrogens (primary N) is 1. The number of hydrogen-bond donors (Lipinski definition) is 1. The van der Waals surface area contributed by atoms with E-state index in [0.717, 1.165) is 38.2 Å². The van der Waals surface area contributed by atoms with Gasteiger partial charge in [0.1, 0.15) is 5.82 Å². The zero-order valence-corrected chi connectivity index (χ0v) is 16.1. The summed E-state index contributed by atoms with van der Waals surface area (Å²) in [6.07, 6.45) is 0.926. The fourth-order valence-electron chi connectivity index (χ4n) is 3.03. The lowest BCUT2D eigenvalue weighted by molar-refractivity contribution is 0.0761. The van der Waals surface area contributed by atoms with E-state index >= 15 is 0 Å². The first-order valence-corrected chi connectivity index (χ1v) is 8.23. The van der Waals surface area contributed by atoms with E-state index in [9.17, 15) is 9.18 Å². The van der Waals surface area contributed by atoms with Crippen molar-refractivity contribution in [1.82, 2.24) is 9.80 Å². The first-order valence-electron chi connectivity index (χ1n) is 8.23. The van der Waals surface area contributed by atoms with Crippen molar-refractivity contribution >= 4 is 36.4 Å². The predicted molar refractivity (Wildman–Crippen MR) is 108 cm³/mol. The van der Waals surface area contributed by atoms with E-state index in [-0.39, 0.29) is 36.5 Å². The van der Waals surface area contributed by atoms with Crippen LogP contribution in [0.1, 0.15) is 22.3 Å². The molecule has 0 unspecified atom stereocenters. The number of carbonyl (C=O) groups excluding carboxylic acids is 1. The van der Waals surface area contributed by atoms with E-state index in [1.54, 1.807) is 24.3 Å². The third-order valence-electron chi connectivity index (χ3n) is 4.33. The van der Waals surface area contributed by atoms with Crippen LogP contribution in [0, 0.1) is 5.82 Å². The second-order valence-electron chi connectivity index (χ2n) is 6.17. The monoisotopic (exact) mass is 399 g/mol. The minimum atomic E-state index is -0.214. The quantitative estimate of drug-likeness (QED) is 0.802. The zero-order chi connectivity index (χ0) is 16.9. The van der Waals surface area contributed by atoms with E-state index in [4.69, 9.17) is 5.73 Å². The number of anilines is 1. The highest BCUT2D eigenvalue weighted by atomic mass is 35.5. The Hall–Kier alpha value is -1.82. The largest absolute Gasteiger partial charge is 0.399 e. The van der Waals surface area contributed by atoms with E-state index in [2.05, 4.69) is 4.90 Å². The maximum atomic E-state index is 13.0. The summed E-state index contributed by atoms with van der Waals surface area (Å²) in [7, 11) is 0. The molecule has 1 saturated heterocycles. The third kappa shape index (κ3) is 5.87. The number of nitrogen functional groups attached to an aromatic ring is 1. The molecule has 7 heteroatoms. The lowest BCUT2D eigenvalue weighted by atomic mass is 10.1. The van der Waals surface area contributed by atoms with Crippen LogP contribution in [-0.4, -0.2) is 41.9 Å². The smallest absolute Gasteiger partial charge is 0.253 e. The van der Waals surface area contributed by atoms with Gasteiger partial charge in [-0.1, -0.05) is 18.2 Å². The summed E-state index contributed by atoms with van der Waals surface area (Å²) in [5.74, 6) is -0.181. The topological polar surface area (TPSA) is 49.6 Å². The normalized spacial score (nSPS) is 14.7. The van der Waals surface area contributed by atoms with Gasteiger partial charge >= 0.3 is 0 Å². The summed E-state index contributed by atoms with van der Waals surface area (Å²) in [6.45, 7) is 3.95. The summed E-state index contributed by atoms with van der Waals surface area (Å²) >= 11 is 0. The molecule has 1 fully saturated rings. The summed E-state index contributed by atoms with van der Waals surface area (Å²) in [5, 5.41) is 0. The van der Waals surface area contributed by atoms with Gasteiger partial charge in [0.25, 0.3) is 5.91 Å². The molecule has 2 aromatic carbocycles. The van der Waals surface area contributed by atoms with E-state index < -0.39 is 0 Å². The van der Waals surface area contributed by atoms with Gasteiger partial charge in [0, 0.05) is 44.0 Å². The summed E-state index contributed by atoms with van der Waals surface area (Å²) in [6, 6.07) is 13.7. The average molecular weight is 400 g/mol. The molecule has 0 saturated carbocycles. The Morgan fingerprint density at radius 2 is 1.73 bits per heavy atom. The van der Waals surface area contributed by atoms with Crippen LogP contribution in [0.15, 0.2) is 48.5 Å². The Kier molecular flexibility index (Phi) is 8.85. The lowest BCUT2D eigenvalue weighted by Crippen LogP contribution is -2.35. The van der Waals surface area contributed by atoms with Crippen LogP contribution < -0.4 is 5.73 Å². The number of benzene rings is 2. The van der Waals surface area contributed by atoms with Crippen molar-refractivity contribution in [2.24, 2.45) is 0 Å². The molecule has 1 heterocycles. The first kappa shape index (κ1) is 22.2. The van der Waals surface area contributed by atoms with Crippen LogP contribution in [0.2, 0.25) is 0 Å². The molecule has 1 amide bonds. The molecule has 0 spiro atoms. The van der Waals surface area contributed by atoms with Crippen molar-refractivity contribution in [2.75, 3.05) is 31.9 Å². The standard InChI is InChI=1S/C19H22FN3O.2ClH/c20-17-7-5-15(6-8-17)14-22-9-2-10-23(12-11-22)19(24)16-3-1-4-18(21)13-16;;/h1,3-8,13H,2,9-12,14,21H2;2*1H. The molecular weight excluding hydrogens is 376 g/mol. The van der Waals surface area contributed by atoms with Crippen molar-refractivity contribution in [3.63, 3.8) is 0 Å². The maximum absolute atomic E-state index is 13.0. The van der Waals surface area contributed by atoms with Crippen LogP contribution in [-0.2, 0) is 6.54 Å². The van der Waals surface area contributed by atoms with Crippen molar-refractivity contribution in [3.05, 3.63) is 65.5 Å². The zero-order valence-electron chi connectivity index (χ0n) is 14.4.